The highest BCUT2D eigenvalue weighted by Gasteiger charge is 2.47. The van der Waals surface area contributed by atoms with E-state index >= 15 is 0 Å². The predicted molar refractivity (Wildman–Crippen MR) is 54.9 cm³/mol. The van der Waals surface area contributed by atoms with Crippen molar-refractivity contribution in [2.24, 2.45) is 5.92 Å². The van der Waals surface area contributed by atoms with Gasteiger partial charge in [-0.1, -0.05) is 19.8 Å². The van der Waals surface area contributed by atoms with Gasteiger partial charge in [-0.05, 0) is 12.8 Å². The molecule has 0 fully saturated rings. The lowest BCUT2D eigenvalue weighted by Crippen LogP contribution is -2.49. The average Bonchev–Trinajstić information content (AvgIpc) is 2.21. The van der Waals surface area contributed by atoms with Gasteiger partial charge in [-0.3, -0.25) is 4.79 Å². The molecule has 0 saturated carbocycles. The van der Waals surface area contributed by atoms with Crippen LogP contribution in [-0.2, 0) is 9.59 Å². The summed E-state index contributed by atoms with van der Waals surface area (Å²) in [4.78, 5) is 21.8. The van der Waals surface area contributed by atoms with E-state index in [9.17, 15) is 14.7 Å². The molecule has 0 aromatic rings. The minimum atomic E-state index is -2.30. The van der Waals surface area contributed by atoms with Crippen LogP contribution in [0.1, 0.15) is 32.6 Å². The second-order valence-corrected chi connectivity index (χ2v) is 3.74. The average molecular weight is 234 g/mol. The number of carbonyl (C=O) groups is 2. The molecule has 0 amide bonds. The normalized spacial score (nSPS) is 16.4. The van der Waals surface area contributed by atoms with Gasteiger partial charge in [0.2, 0.25) is 0 Å². The molecule has 0 aliphatic heterocycles. The maximum Gasteiger partial charge on any atom is 0.336 e. The molecule has 0 saturated heterocycles. The second-order valence-electron chi connectivity index (χ2n) is 3.74. The maximum absolute atomic E-state index is 11.0. The van der Waals surface area contributed by atoms with Crippen LogP contribution in [-0.4, -0.2) is 44.6 Å². The van der Waals surface area contributed by atoms with Gasteiger partial charge < -0.3 is 20.4 Å². The number of rotatable bonds is 8. The summed E-state index contributed by atoms with van der Waals surface area (Å²) in [5, 5.41) is 36.3. The number of aliphatic carboxylic acids is 2. The Balaban J connectivity index is 4.95. The molecule has 0 spiro atoms. The fourth-order valence-electron chi connectivity index (χ4n) is 1.57. The van der Waals surface area contributed by atoms with E-state index in [1.807, 2.05) is 6.92 Å². The van der Waals surface area contributed by atoms with E-state index in [1.165, 1.54) is 0 Å². The molecule has 0 aromatic carbocycles. The van der Waals surface area contributed by atoms with Gasteiger partial charge >= 0.3 is 11.9 Å². The number of aliphatic hydroxyl groups excluding tert-OH is 1. The molecular weight excluding hydrogens is 216 g/mol. The van der Waals surface area contributed by atoms with Crippen molar-refractivity contribution < 1.29 is 30.0 Å². The van der Waals surface area contributed by atoms with E-state index in [1.54, 1.807) is 0 Å². The minimum Gasteiger partial charge on any atom is -0.481 e. The second kappa shape index (κ2) is 6.44. The summed E-state index contributed by atoms with van der Waals surface area (Å²) in [6, 6.07) is 0. The van der Waals surface area contributed by atoms with Crippen LogP contribution in [0.2, 0.25) is 0 Å². The van der Waals surface area contributed by atoms with Crippen molar-refractivity contribution in [3.8, 4) is 0 Å². The van der Waals surface area contributed by atoms with Crippen molar-refractivity contribution in [1.82, 2.24) is 0 Å². The topological polar surface area (TPSA) is 115 Å². The molecule has 0 bridgehead atoms. The Hall–Kier alpha value is -1.14. The molecule has 0 rings (SSSR count). The molecular formula is C10H18O6. The van der Waals surface area contributed by atoms with Crippen molar-refractivity contribution >= 4 is 11.9 Å². The van der Waals surface area contributed by atoms with Crippen LogP contribution in [0, 0.1) is 5.92 Å². The summed E-state index contributed by atoms with van der Waals surface area (Å²) >= 11 is 0. The van der Waals surface area contributed by atoms with Crippen LogP contribution >= 0.6 is 0 Å². The third-order valence-corrected chi connectivity index (χ3v) is 2.57. The first-order valence-electron chi connectivity index (χ1n) is 5.19. The molecule has 0 aliphatic carbocycles. The fourth-order valence-corrected chi connectivity index (χ4v) is 1.57. The van der Waals surface area contributed by atoms with E-state index < -0.39 is 30.1 Å². The van der Waals surface area contributed by atoms with Gasteiger partial charge in [0.05, 0.1) is 5.92 Å². The zero-order valence-electron chi connectivity index (χ0n) is 9.22. The summed E-state index contributed by atoms with van der Waals surface area (Å²) < 4.78 is 0. The Morgan fingerprint density at radius 2 is 1.88 bits per heavy atom. The van der Waals surface area contributed by atoms with Crippen molar-refractivity contribution in [2.75, 3.05) is 6.61 Å². The maximum atomic E-state index is 11.0. The van der Waals surface area contributed by atoms with E-state index in [0.29, 0.717) is 12.8 Å². The van der Waals surface area contributed by atoms with Gasteiger partial charge in [0, 0.05) is 6.61 Å². The summed E-state index contributed by atoms with van der Waals surface area (Å²) in [7, 11) is 0. The predicted octanol–water partition coefficient (Wildman–Crippen LogP) is 0.0755. The SMILES string of the molecule is CCCCC(O)(C(=O)O)C(CCO)C(=O)O. The molecule has 6 nitrogen and oxygen atoms in total. The van der Waals surface area contributed by atoms with Gasteiger partial charge in [0.1, 0.15) is 0 Å². The fraction of sp³-hybridized carbons (Fsp3) is 0.800. The molecule has 0 aliphatic rings. The quantitative estimate of drug-likeness (QED) is 0.472. The molecule has 2 atom stereocenters. The van der Waals surface area contributed by atoms with Gasteiger partial charge in [0.25, 0.3) is 0 Å². The molecule has 0 heterocycles. The monoisotopic (exact) mass is 234 g/mol. The Morgan fingerprint density at radius 1 is 1.31 bits per heavy atom. The van der Waals surface area contributed by atoms with Gasteiger partial charge in [-0.25, -0.2) is 4.79 Å². The van der Waals surface area contributed by atoms with Gasteiger partial charge in [-0.2, -0.15) is 0 Å². The number of carboxylic acid groups (broad SMARTS) is 2. The van der Waals surface area contributed by atoms with E-state index in [0.717, 1.165) is 0 Å². The first kappa shape index (κ1) is 14.9. The van der Waals surface area contributed by atoms with E-state index in [2.05, 4.69) is 0 Å². The first-order chi connectivity index (χ1) is 7.40. The number of unbranched alkanes of at least 4 members (excludes halogenated alkanes) is 1. The molecule has 0 radical (unpaired) electrons. The summed E-state index contributed by atoms with van der Waals surface area (Å²) in [6.07, 6.45) is 0.663. The molecule has 0 aromatic heterocycles. The van der Waals surface area contributed by atoms with E-state index in [-0.39, 0.29) is 12.8 Å². The molecule has 4 N–H and O–H groups in total. The number of carboxylic acids is 2. The van der Waals surface area contributed by atoms with Crippen LogP contribution in [0.5, 0.6) is 0 Å². The van der Waals surface area contributed by atoms with Crippen LogP contribution in [0.4, 0.5) is 0 Å². The van der Waals surface area contributed by atoms with Crippen LogP contribution in [0.15, 0.2) is 0 Å². The van der Waals surface area contributed by atoms with E-state index in [4.69, 9.17) is 15.3 Å². The smallest absolute Gasteiger partial charge is 0.336 e. The highest BCUT2D eigenvalue weighted by atomic mass is 16.4. The third kappa shape index (κ3) is 3.46. The number of hydrogen-bond donors (Lipinski definition) is 4. The molecule has 16 heavy (non-hydrogen) atoms. The molecule has 6 heteroatoms. The zero-order valence-corrected chi connectivity index (χ0v) is 9.22. The van der Waals surface area contributed by atoms with Crippen LogP contribution in [0.3, 0.4) is 0 Å². The summed E-state index contributed by atoms with van der Waals surface area (Å²) in [5.74, 6) is -4.45. The standard InChI is InChI=1S/C10H18O6/c1-2-3-5-10(16,9(14)15)7(4-6-11)8(12)13/h7,11,16H,2-6H2,1H3,(H,12,13)(H,14,15). The largest absolute Gasteiger partial charge is 0.481 e. The van der Waals surface area contributed by atoms with Crippen LogP contribution in [0.25, 0.3) is 0 Å². The van der Waals surface area contributed by atoms with Gasteiger partial charge in [-0.15, -0.1) is 0 Å². The molecule has 2 unspecified atom stereocenters. The number of aliphatic hydroxyl groups is 2. The molecule has 94 valence electrons. The minimum absolute atomic E-state index is 0.129. The summed E-state index contributed by atoms with van der Waals surface area (Å²) in [6.45, 7) is 1.34. The third-order valence-electron chi connectivity index (χ3n) is 2.57. The summed E-state index contributed by atoms with van der Waals surface area (Å²) in [5.41, 5.74) is -2.30. The van der Waals surface area contributed by atoms with Crippen molar-refractivity contribution in [3.63, 3.8) is 0 Å². The lowest BCUT2D eigenvalue weighted by Gasteiger charge is -2.29. The Bertz CT molecular complexity index is 252. The zero-order chi connectivity index (χ0) is 12.8. The Kier molecular flexibility index (Phi) is 5.98. The number of hydrogen-bond acceptors (Lipinski definition) is 4. The lowest BCUT2D eigenvalue weighted by atomic mass is 9.81. The Morgan fingerprint density at radius 3 is 2.19 bits per heavy atom. The van der Waals surface area contributed by atoms with Crippen molar-refractivity contribution in [1.29, 1.82) is 0 Å². The highest BCUT2D eigenvalue weighted by molar-refractivity contribution is 5.85. The van der Waals surface area contributed by atoms with Crippen molar-refractivity contribution in [2.45, 2.75) is 38.2 Å². The van der Waals surface area contributed by atoms with Crippen molar-refractivity contribution in [3.05, 3.63) is 0 Å². The van der Waals surface area contributed by atoms with Gasteiger partial charge in [0.15, 0.2) is 5.60 Å². The Labute approximate surface area is 93.5 Å². The lowest BCUT2D eigenvalue weighted by molar-refractivity contribution is -0.176. The highest BCUT2D eigenvalue weighted by Crippen LogP contribution is 2.27. The first-order valence-corrected chi connectivity index (χ1v) is 5.19. The van der Waals surface area contributed by atoms with Crippen LogP contribution < -0.4 is 0 Å².